The molecule has 1 N–H and O–H groups in total. The van der Waals surface area contributed by atoms with Crippen LogP contribution in [0, 0.1) is 6.92 Å². The van der Waals surface area contributed by atoms with Gasteiger partial charge in [0.05, 0.1) is 22.0 Å². The third kappa shape index (κ3) is 4.48. The zero-order valence-electron chi connectivity index (χ0n) is 19.0. The number of hydrogen-bond acceptors (Lipinski definition) is 4. The van der Waals surface area contributed by atoms with E-state index in [9.17, 15) is 4.79 Å². The first-order valence-electron chi connectivity index (χ1n) is 11.6. The Kier molecular flexibility index (Phi) is 6.09. The average Bonchev–Trinajstić information content (AvgIpc) is 3.44. The Bertz CT molecular complexity index is 1300. The maximum atomic E-state index is 12.8. The van der Waals surface area contributed by atoms with Crippen LogP contribution in [0.15, 0.2) is 65.8 Å². The monoisotopic (exact) mass is 456 g/mol. The highest BCUT2D eigenvalue weighted by molar-refractivity contribution is 7.20. The molecule has 168 valence electrons. The zero-order chi connectivity index (χ0) is 22.8. The Morgan fingerprint density at radius 1 is 1.06 bits per heavy atom. The Balaban J connectivity index is 1.31. The van der Waals surface area contributed by atoms with Gasteiger partial charge in [-0.3, -0.25) is 4.79 Å². The van der Waals surface area contributed by atoms with Crippen LogP contribution in [-0.4, -0.2) is 21.4 Å². The summed E-state index contributed by atoms with van der Waals surface area (Å²) in [5.74, 6) is 0.487. The molecule has 0 aliphatic heterocycles. The quantitative estimate of drug-likeness (QED) is 0.272. The predicted molar refractivity (Wildman–Crippen MR) is 136 cm³/mol. The van der Waals surface area contributed by atoms with Gasteiger partial charge >= 0.3 is 0 Å². The van der Waals surface area contributed by atoms with Crippen molar-refractivity contribution in [1.82, 2.24) is 15.2 Å². The molecule has 2 aromatic heterocycles. The second-order valence-electron chi connectivity index (χ2n) is 8.76. The van der Waals surface area contributed by atoms with Crippen molar-refractivity contribution in [2.75, 3.05) is 0 Å². The summed E-state index contributed by atoms with van der Waals surface area (Å²) >= 11 is 1.43. The van der Waals surface area contributed by atoms with Gasteiger partial charge in [0.2, 0.25) is 0 Å². The minimum absolute atomic E-state index is 0.201. The number of fused-ring (bicyclic) bond motifs is 1. The number of amides is 1. The molecule has 0 radical (unpaired) electrons. The highest BCUT2D eigenvalue weighted by Crippen LogP contribution is 2.33. The Hall–Kier alpha value is -3.25. The lowest BCUT2D eigenvalue weighted by Gasteiger charge is -2.22. The van der Waals surface area contributed by atoms with Crippen molar-refractivity contribution in [3.05, 3.63) is 82.4 Å². The summed E-state index contributed by atoms with van der Waals surface area (Å²) < 4.78 is 1.90. The number of carbonyl (C=O) groups excluding carboxylic acids is 1. The van der Waals surface area contributed by atoms with Crippen LogP contribution in [-0.2, 0) is 0 Å². The molecule has 6 heteroatoms. The fourth-order valence-electron chi connectivity index (χ4n) is 4.59. The van der Waals surface area contributed by atoms with E-state index in [1.165, 1.54) is 49.0 Å². The predicted octanol–water partition coefficient (Wildman–Crippen LogP) is 6.60. The van der Waals surface area contributed by atoms with Gasteiger partial charge in [-0.15, -0.1) is 11.3 Å². The van der Waals surface area contributed by atoms with Crippen molar-refractivity contribution in [2.24, 2.45) is 5.10 Å². The van der Waals surface area contributed by atoms with Crippen molar-refractivity contribution in [1.29, 1.82) is 0 Å². The van der Waals surface area contributed by atoms with Gasteiger partial charge in [-0.1, -0.05) is 61.7 Å². The molecule has 0 bridgehead atoms. The highest BCUT2D eigenvalue weighted by Gasteiger charge is 2.18. The Morgan fingerprint density at radius 2 is 1.79 bits per heavy atom. The van der Waals surface area contributed by atoms with E-state index >= 15 is 0 Å². The molecule has 4 aromatic rings. The van der Waals surface area contributed by atoms with Crippen LogP contribution in [0.2, 0.25) is 0 Å². The largest absolute Gasteiger partial charge is 0.281 e. The number of nitrogens with zero attached hydrogens (tertiary/aromatic N) is 3. The van der Waals surface area contributed by atoms with Crippen LogP contribution >= 0.6 is 11.3 Å². The van der Waals surface area contributed by atoms with E-state index in [2.05, 4.69) is 39.9 Å². The molecule has 2 heterocycles. The molecule has 1 fully saturated rings. The Morgan fingerprint density at radius 3 is 2.52 bits per heavy atom. The van der Waals surface area contributed by atoms with Crippen molar-refractivity contribution in [3.63, 3.8) is 0 Å². The standard InChI is InChI=1S/C27H28N4OS/c1-18(20-13-15-22(16-14-20)21-9-5-3-6-10-21)28-29-26(32)25-17-24-19(2)30-31(27(24)33-25)23-11-7-4-8-12-23/h4,7-8,11-17,21H,3,5-6,9-10H2,1-2H3,(H,29,32)/b28-18-. The molecule has 5 rings (SSSR count). The third-order valence-electron chi connectivity index (χ3n) is 6.50. The van der Waals surface area contributed by atoms with Crippen LogP contribution < -0.4 is 5.43 Å². The van der Waals surface area contributed by atoms with Gasteiger partial charge < -0.3 is 0 Å². The van der Waals surface area contributed by atoms with Gasteiger partial charge in [-0.2, -0.15) is 10.2 Å². The first kappa shape index (κ1) is 21.6. The molecule has 2 aromatic carbocycles. The summed E-state index contributed by atoms with van der Waals surface area (Å²) in [6.45, 7) is 3.90. The van der Waals surface area contributed by atoms with Crippen LogP contribution in [0.4, 0.5) is 0 Å². The second-order valence-corrected chi connectivity index (χ2v) is 9.79. The summed E-state index contributed by atoms with van der Waals surface area (Å²) in [5.41, 5.74) is 7.87. The van der Waals surface area contributed by atoms with E-state index in [-0.39, 0.29) is 5.91 Å². The molecular weight excluding hydrogens is 428 g/mol. The van der Waals surface area contributed by atoms with Gasteiger partial charge in [0.1, 0.15) is 4.83 Å². The number of rotatable bonds is 5. The smallest absolute Gasteiger partial charge is 0.266 e. The van der Waals surface area contributed by atoms with E-state index < -0.39 is 0 Å². The zero-order valence-corrected chi connectivity index (χ0v) is 19.9. The SMILES string of the molecule is C/C(=N/NC(=O)c1cc2c(C)nn(-c3ccccc3)c2s1)c1ccc(C2CCCCC2)cc1. The fraction of sp³-hybridized carbons (Fsp3) is 0.296. The van der Waals surface area contributed by atoms with Gasteiger partial charge in [-0.25, -0.2) is 10.1 Å². The number of thiophene rings is 1. The summed E-state index contributed by atoms with van der Waals surface area (Å²) in [5, 5.41) is 10.0. The van der Waals surface area contributed by atoms with E-state index in [4.69, 9.17) is 0 Å². The average molecular weight is 457 g/mol. The number of aryl methyl sites for hydroxylation is 1. The van der Waals surface area contributed by atoms with E-state index in [0.717, 1.165) is 32.9 Å². The lowest BCUT2D eigenvalue weighted by atomic mass is 9.84. The number of benzene rings is 2. The maximum absolute atomic E-state index is 12.8. The summed E-state index contributed by atoms with van der Waals surface area (Å²) in [6, 6.07) is 20.5. The molecule has 0 saturated heterocycles. The summed E-state index contributed by atoms with van der Waals surface area (Å²) in [7, 11) is 0. The molecule has 5 nitrogen and oxygen atoms in total. The molecule has 0 unspecified atom stereocenters. The van der Waals surface area contributed by atoms with Crippen LogP contribution in [0.3, 0.4) is 0 Å². The van der Waals surface area contributed by atoms with Crippen LogP contribution in [0.5, 0.6) is 0 Å². The highest BCUT2D eigenvalue weighted by atomic mass is 32.1. The maximum Gasteiger partial charge on any atom is 0.281 e. The topological polar surface area (TPSA) is 59.3 Å². The first-order valence-corrected chi connectivity index (χ1v) is 12.4. The van der Waals surface area contributed by atoms with E-state index in [1.54, 1.807) is 0 Å². The molecule has 33 heavy (non-hydrogen) atoms. The molecule has 1 amide bonds. The second kappa shape index (κ2) is 9.32. The van der Waals surface area contributed by atoms with Crippen molar-refractivity contribution in [2.45, 2.75) is 51.9 Å². The first-order chi connectivity index (χ1) is 16.1. The normalized spacial score (nSPS) is 15.2. The summed E-state index contributed by atoms with van der Waals surface area (Å²) in [6.07, 6.45) is 6.61. The van der Waals surface area contributed by atoms with Crippen molar-refractivity contribution < 1.29 is 4.79 Å². The van der Waals surface area contributed by atoms with Crippen LogP contribution in [0.1, 0.15) is 71.4 Å². The van der Waals surface area contributed by atoms with Gasteiger partial charge in [-0.05, 0) is 61.9 Å². The number of carbonyl (C=O) groups is 1. The molecular formula is C27H28N4OS. The number of nitrogens with one attached hydrogen (secondary N) is 1. The van der Waals surface area contributed by atoms with E-state index in [0.29, 0.717) is 10.8 Å². The lowest BCUT2D eigenvalue weighted by Crippen LogP contribution is -2.18. The Labute approximate surface area is 198 Å². The molecule has 1 aliphatic rings. The number of hydrazone groups is 1. The molecule has 1 saturated carbocycles. The van der Waals surface area contributed by atoms with E-state index in [1.807, 2.05) is 54.9 Å². The van der Waals surface area contributed by atoms with Crippen molar-refractivity contribution >= 4 is 33.2 Å². The molecule has 1 aliphatic carbocycles. The number of aromatic nitrogens is 2. The van der Waals surface area contributed by atoms with Gasteiger partial charge in [0.15, 0.2) is 0 Å². The minimum atomic E-state index is -0.201. The lowest BCUT2D eigenvalue weighted by molar-refractivity contribution is 0.0959. The van der Waals surface area contributed by atoms with Crippen LogP contribution in [0.25, 0.3) is 15.9 Å². The van der Waals surface area contributed by atoms with Crippen molar-refractivity contribution in [3.8, 4) is 5.69 Å². The number of para-hydroxylation sites is 1. The van der Waals surface area contributed by atoms with Gasteiger partial charge in [0.25, 0.3) is 5.91 Å². The number of hydrogen-bond donors (Lipinski definition) is 1. The fourth-order valence-corrected chi connectivity index (χ4v) is 5.66. The summed E-state index contributed by atoms with van der Waals surface area (Å²) in [4.78, 5) is 14.4. The van der Waals surface area contributed by atoms with Gasteiger partial charge in [0, 0.05) is 5.39 Å². The minimum Gasteiger partial charge on any atom is -0.266 e. The molecule has 0 atom stereocenters. The third-order valence-corrected chi connectivity index (χ3v) is 7.61. The molecule has 0 spiro atoms.